The van der Waals surface area contributed by atoms with Gasteiger partial charge in [0.2, 0.25) is 0 Å². The van der Waals surface area contributed by atoms with Crippen LogP contribution in [0.5, 0.6) is 0 Å². The molecule has 0 aliphatic rings. The van der Waals surface area contributed by atoms with Gasteiger partial charge in [-0.15, -0.1) is 0 Å². The number of hydrogen-bond acceptors (Lipinski definition) is 1. The monoisotopic (exact) mass is 459 g/mol. The summed E-state index contributed by atoms with van der Waals surface area (Å²) in [6, 6.07) is 5.91. The molecule has 0 bridgehead atoms. The lowest BCUT2D eigenvalue weighted by Gasteiger charge is -2.14. The Bertz CT molecular complexity index is 380. The maximum atomic E-state index is 12.0. The predicted molar refractivity (Wildman–Crippen MR) is 82.2 cm³/mol. The third-order valence-electron chi connectivity index (χ3n) is 2.19. The molecule has 1 rings (SSSR count). The highest BCUT2D eigenvalue weighted by atomic mass is 127. The molecule has 1 N–H and O–H groups in total. The minimum absolute atomic E-state index is 0.0308. The molecule has 0 saturated carbocycles. The van der Waals surface area contributed by atoms with E-state index in [1.165, 1.54) is 0 Å². The highest BCUT2D eigenvalue weighted by Crippen LogP contribution is 2.19. The first-order chi connectivity index (χ1) is 7.58. The molecule has 0 fully saturated rings. The van der Waals surface area contributed by atoms with Crippen molar-refractivity contribution in [2.45, 2.75) is 19.4 Å². The van der Waals surface area contributed by atoms with E-state index in [-0.39, 0.29) is 11.9 Å². The molecular formula is C11H12Br2INO. The Labute approximate surface area is 126 Å². The van der Waals surface area contributed by atoms with Gasteiger partial charge in [0.05, 0.1) is 5.56 Å². The van der Waals surface area contributed by atoms with E-state index in [4.69, 9.17) is 0 Å². The minimum Gasteiger partial charge on any atom is -0.348 e. The maximum Gasteiger partial charge on any atom is 0.252 e. The fraction of sp³-hybridized carbons (Fsp3) is 0.364. The molecule has 0 heterocycles. The van der Waals surface area contributed by atoms with Crippen molar-refractivity contribution in [3.8, 4) is 0 Å². The SMILES string of the molecule is CCC(CBr)NC(=O)c1cc(I)ccc1Br. The molecular weight excluding hydrogens is 449 g/mol. The van der Waals surface area contributed by atoms with Crippen LogP contribution in [-0.4, -0.2) is 17.3 Å². The largest absolute Gasteiger partial charge is 0.348 e. The average Bonchev–Trinajstić information content (AvgIpc) is 2.28. The molecule has 5 heteroatoms. The number of amides is 1. The standard InChI is InChI=1S/C11H12Br2INO/c1-2-8(6-12)15-11(16)9-5-7(14)3-4-10(9)13/h3-5,8H,2,6H2,1H3,(H,15,16). The summed E-state index contributed by atoms with van der Waals surface area (Å²) in [5.41, 5.74) is 0.686. The Morgan fingerprint density at radius 1 is 1.56 bits per heavy atom. The van der Waals surface area contributed by atoms with Gasteiger partial charge in [-0.1, -0.05) is 22.9 Å². The molecule has 0 spiro atoms. The van der Waals surface area contributed by atoms with Gasteiger partial charge in [0.25, 0.3) is 5.91 Å². The van der Waals surface area contributed by atoms with Crippen LogP contribution < -0.4 is 5.32 Å². The second-order valence-electron chi connectivity index (χ2n) is 3.36. The van der Waals surface area contributed by atoms with Gasteiger partial charge in [0.15, 0.2) is 0 Å². The first-order valence-corrected chi connectivity index (χ1v) is 7.89. The Morgan fingerprint density at radius 3 is 2.81 bits per heavy atom. The van der Waals surface area contributed by atoms with E-state index in [2.05, 4.69) is 66.7 Å². The molecule has 0 radical (unpaired) electrons. The molecule has 0 aliphatic heterocycles. The number of hydrogen-bond donors (Lipinski definition) is 1. The molecule has 1 amide bonds. The van der Waals surface area contributed by atoms with Crippen LogP contribution in [-0.2, 0) is 0 Å². The molecule has 0 aliphatic carbocycles. The first-order valence-electron chi connectivity index (χ1n) is 4.90. The van der Waals surface area contributed by atoms with E-state index in [1.807, 2.05) is 18.2 Å². The third kappa shape index (κ3) is 4.00. The van der Waals surface area contributed by atoms with Crippen molar-refractivity contribution in [3.05, 3.63) is 31.8 Å². The summed E-state index contributed by atoms with van der Waals surface area (Å²) >= 11 is 8.97. The van der Waals surface area contributed by atoms with Crippen molar-refractivity contribution in [2.24, 2.45) is 0 Å². The van der Waals surface area contributed by atoms with E-state index in [1.54, 1.807) is 0 Å². The lowest BCUT2D eigenvalue weighted by atomic mass is 10.2. The van der Waals surface area contributed by atoms with Crippen molar-refractivity contribution in [1.29, 1.82) is 0 Å². The normalized spacial score (nSPS) is 12.2. The van der Waals surface area contributed by atoms with Gasteiger partial charge in [-0.05, 0) is 63.1 Å². The Kier molecular flexibility index (Phi) is 6.28. The van der Waals surface area contributed by atoms with Gasteiger partial charge < -0.3 is 5.32 Å². The highest BCUT2D eigenvalue weighted by molar-refractivity contribution is 14.1. The number of halogens is 3. The van der Waals surface area contributed by atoms with Crippen LogP contribution in [0.1, 0.15) is 23.7 Å². The summed E-state index contributed by atoms with van der Waals surface area (Å²) in [5.74, 6) is -0.0308. The third-order valence-corrected chi connectivity index (χ3v) is 4.33. The molecule has 0 aromatic heterocycles. The quantitative estimate of drug-likeness (QED) is 0.535. The predicted octanol–water partition coefficient (Wildman–Crippen LogP) is 3.96. The van der Waals surface area contributed by atoms with Gasteiger partial charge in [0.1, 0.15) is 0 Å². The lowest BCUT2D eigenvalue weighted by Crippen LogP contribution is -2.35. The Morgan fingerprint density at radius 2 is 2.25 bits per heavy atom. The zero-order valence-corrected chi connectivity index (χ0v) is 14.1. The van der Waals surface area contributed by atoms with Crippen molar-refractivity contribution < 1.29 is 4.79 Å². The van der Waals surface area contributed by atoms with Crippen LogP contribution in [0.15, 0.2) is 22.7 Å². The first kappa shape index (κ1) is 14.4. The van der Waals surface area contributed by atoms with E-state index >= 15 is 0 Å². The number of carbonyl (C=O) groups excluding carboxylic acids is 1. The number of carbonyl (C=O) groups is 1. The van der Waals surface area contributed by atoms with Gasteiger partial charge in [-0.2, -0.15) is 0 Å². The van der Waals surface area contributed by atoms with Crippen molar-refractivity contribution in [1.82, 2.24) is 5.32 Å². The topological polar surface area (TPSA) is 29.1 Å². The van der Waals surface area contributed by atoms with Crippen LogP contribution in [0.2, 0.25) is 0 Å². The zero-order chi connectivity index (χ0) is 12.1. The van der Waals surface area contributed by atoms with Crippen LogP contribution in [0, 0.1) is 3.57 Å². The summed E-state index contributed by atoms with van der Waals surface area (Å²) in [6.45, 7) is 2.05. The van der Waals surface area contributed by atoms with E-state index in [0.29, 0.717) is 5.56 Å². The van der Waals surface area contributed by atoms with Crippen molar-refractivity contribution in [2.75, 3.05) is 5.33 Å². The van der Waals surface area contributed by atoms with Crippen LogP contribution in [0.3, 0.4) is 0 Å². The maximum absolute atomic E-state index is 12.0. The molecule has 1 aromatic carbocycles. The van der Waals surface area contributed by atoms with Crippen LogP contribution >= 0.6 is 54.5 Å². The van der Waals surface area contributed by atoms with Crippen molar-refractivity contribution >= 4 is 60.4 Å². The molecule has 1 aromatic rings. The summed E-state index contributed by atoms with van der Waals surface area (Å²) in [4.78, 5) is 12.0. The second-order valence-corrected chi connectivity index (χ2v) is 6.10. The van der Waals surface area contributed by atoms with E-state index in [0.717, 1.165) is 19.8 Å². The molecule has 16 heavy (non-hydrogen) atoms. The smallest absolute Gasteiger partial charge is 0.252 e. The van der Waals surface area contributed by atoms with Gasteiger partial charge >= 0.3 is 0 Å². The van der Waals surface area contributed by atoms with Crippen LogP contribution in [0.4, 0.5) is 0 Å². The molecule has 1 unspecified atom stereocenters. The second kappa shape index (κ2) is 6.96. The molecule has 2 nitrogen and oxygen atoms in total. The Balaban J connectivity index is 2.83. The molecule has 1 atom stereocenters. The number of rotatable bonds is 4. The summed E-state index contributed by atoms with van der Waals surface area (Å²) in [5, 5.41) is 3.76. The van der Waals surface area contributed by atoms with Gasteiger partial charge in [-0.25, -0.2) is 0 Å². The summed E-state index contributed by atoms with van der Waals surface area (Å²) in [6.07, 6.45) is 0.915. The van der Waals surface area contributed by atoms with E-state index < -0.39 is 0 Å². The van der Waals surface area contributed by atoms with Gasteiger partial charge in [0, 0.05) is 19.4 Å². The van der Waals surface area contributed by atoms with E-state index in [9.17, 15) is 4.79 Å². The number of benzene rings is 1. The average molecular weight is 461 g/mol. The zero-order valence-electron chi connectivity index (χ0n) is 8.77. The summed E-state index contributed by atoms with van der Waals surface area (Å²) < 4.78 is 1.88. The Hall–Kier alpha value is 0.380. The lowest BCUT2D eigenvalue weighted by molar-refractivity contribution is 0.0939. The molecule has 0 saturated heterocycles. The molecule has 88 valence electrons. The van der Waals surface area contributed by atoms with Crippen molar-refractivity contribution in [3.63, 3.8) is 0 Å². The number of nitrogens with one attached hydrogen (secondary N) is 1. The fourth-order valence-electron chi connectivity index (χ4n) is 1.18. The number of alkyl halides is 1. The van der Waals surface area contributed by atoms with Crippen LogP contribution in [0.25, 0.3) is 0 Å². The highest BCUT2D eigenvalue weighted by Gasteiger charge is 2.13. The fourth-order valence-corrected chi connectivity index (χ4v) is 2.72. The summed E-state index contributed by atoms with van der Waals surface area (Å²) in [7, 11) is 0. The van der Waals surface area contributed by atoms with Gasteiger partial charge in [-0.3, -0.25) is 4.79 Å². The minimum atomic E-state index is -0.0308.